The molecule has 0 fully saturated rings. The van der Waals surface area contributed by atoms with Crippen LogP contribution in [0.1, 0.15) is 43.9 Å². The summed E-state index contributed by atoms with van der Waals surface area (Å²) in [6, 6.07) is 15.5. The van der Waals surface area contributed by atoms with E-state index in [1.165, 1.54) is 5.56 Å². The Morgan fingerprint density at radius 2 is 1.72 bits per heavy atom. The van der Waals surface area contributed by atoms with Gasteiger partial charge in [-0.05, 0) is 37.5 Å². The number of benzene rings is 2. The lowest BCUT2D eigenvalue weighted by Gasteiger charge is -2.22. The lowest BCUT2D eigenvalue weighted by atomic mass is 10.0. The number of nitrogens with one attached hydrogen (secondary N) is 1. The highest BCUT2D eigenvalue weighted by atomic mass is 16.5. The van der Waals surface area contributed by atoms with Crippen LogP contribution < -0.4 is 14.8 Å². The molecule has 0 saturated heterocycles. The van der Waals surface area contributed by atoms with E-state index < -0.39 is 6.10 Å². The third-order valence-electron chi connectivity index (χ3n) is 4.19. The number of hydrogen-bond acceptors (Lipinski definition) is 3. The van der Waals surface area contributed by atoms with Gasteiger partial charge in [0.15, 0.2) is 6.10 Å². The number of amides is 1. The van der Waals surface area contributed by atoms with E-state index in [1.807, 2.05) is 25.1 Å². The average Bonchev–Trinajstić information content (AvgIpc) is 2.65. The Morgan fingerprint density at radius 3 is 2.32 bits per heavy atom. The Labute approximate surface area is 150 Å². The van der Waals surface area contributed by atoms with Crippen molar-refractivity contribution < 1.29 is 14.3 Å². The molecule has 0 heterocycles. The second-order valence-corrected chi connectivity index (χ2v) is 6.07. The molecule has 1 amide bonds. The minimum absolute atomic E-state index is 0.0175. The second kappa shape index (κ2) is 9.11. The van der Waals surface area contributed by atoms with Crippen molar-refractivity contribution in [3.05, 3.63) is 59.7 Å². The van der Waals surface area contributed by atoms with Crippen LogP contribution in [-0.4, -0.2) is 19.1 Å². The second-order valence-electron chi connectivity index (χ2n) is 6.07. The number of hydrogen-bond donors (Lipinski definition) is 1. The Bertz CT molecular complexity index is 682. The van der Waals surface area contributed by atoms with Gasteiger partial charge in [-0.1, -0.05) is 49.7 Å². The van der Waals surface area contributed by atoms with Gasteiger partial charge in [-0.15, -0.1) is 0 Å². The molecule has 0 aliphatic rings. The number of carbonyl (C=O) groups is 1. The third kappa shape index (κ3) is 5.24. The van der Waals surface area contributed by atoms with Crippen LogP contribution in [0.15, 0.2) is 48.5 Å². The quantitative estimate of drug-likeness (QED) is 0.773. The van der Waals surface area contributed by atoms with Gasteiger partial charge in [0.05, 0.1) is 13.2 Å². The van der Waals surface area contributed by atoms with Crippen LogP contribution in [0.2, 0.25) is 0 Å². The van der Waals surface area contributed by atoms with E-state index in [0.29, 0.717) is 17.9 Å². The van der Waals surface area contributed by atoms with Crippen molar-refractivity contribution in [2.45, 2.75) is 45.8 Å². The SMILES string of the molecule is CC[C@H](Oc1cccc(OC)c1)C(=O)N[C@@H](CC)c1ccc(C)cc1. The van der Waals surface area contributed by atoms with Gasteiger partial charge in [-0.25, -0.2) is 0 Å². The van der Waals surface area contributed by atoms with Crippen LogP contribution in [0.5, 0.6) is 11.5 Å². The van der Waals surface area contributed by atoms with Gasteiger partial charge in [0, 0.05) is 6.07 Å². The van der Waals surface area contributed by atoms with Crippen LogP contribution in [0, 0.1) is 6.92 Å². The van der Waals surface area contributed by atoms with Crippen molar-refractivity contribution in [3.63, 3.8) is 0 Å². The number of methoxy groups -OCH3 is 1. The van der Waals surface area contributed by atoms with E-state index in [9.17, 15) is 4.79 Å². The average molecular weight is 341 g/mol. The molecule has 0 aliphatic carbocycles. The lowest BCUT2D eigenvalue weighted by molar-refractivity contribution is -0.128. The minimum atomic E-state index is -0.536. The standard InChI is InChI=1S/C21H27NO3/c1-5-19(16-12-10-15(3)11-13-16)22-21(23)20(6-2)25-18-9-7-8-17(14-18)24-4/h7-14,19-20H,5-6H2,1-4H3,(H,22,23)/t19-,20-/m0/s1. The highest BCUT2D eigenvalue weighted by Gasteiger charge is 2.22. The molecular weight excluding hydrogens is 314 g/mol. The van der Waals surface area contributed by atoms with Crippen LogP contribution in [0.4, 0.5) is 0 Å². The largest absolute Gasteiger partial charge is 0.497 e. The molecule has 0 spiro atoms. The maximum Gasteiger partial charge on any atom is 0.261 e. The maximum atomic E-state index is 12.7. The number of carbonyl (C=O) groups excluding carboxylic acids is 1. The molecule has 4 nitrogen and oxygen atoms in total. The summed E-state index contributed by atoms with van der Waals surface area (Å²) < 4.78 is 11.1. The fourth-order valence-electron chi connectivity index (χ4n) is 2.65. The molecule has 0 bridgehead atoms. The summed E-state index contributed by atoms with van der Waals surface area (Å²) in [7, 11) is 1.61. The zero-order valence-electron chi connectivity index (χ0n) is 15.4. The van der Waals surface area contributed by atoms with Crippen molar-refractivity contribution in [3.8, 4) is 11.5 Å². The molecule has 2 rings (SSSR count). The van der Waals surface area contributed by atoms with Crippen molar-refractivity contribution >= 4 is 5.91 Å². The Kier molecular flexibility index (Phi) is 6.87. The van der Waals surface area contributed by atoms with Crippen molar-refractivity contribution in [1.82, 2.24) is 5.32 Å². The Balaban J connectivity index is 2.06. The van der Waals surface area contributed by atoms with Gasteiger partial charge in [0.1, 0.15) is 11.5 Å². The predicted molar refractivity (Wildman–Crippen MR) is 100 cm³/mol. The predicted octanol–water partition coefficient (Wildman–Crippen LogP) is 4.43. The number of aryl methyl sites for hydroxylation is 1. The van der Waals surface area contributed by atoms with E-state index in [0.717, 1.165) is 12.0 Å². The first-order chi connectivity index (χ1) is 12.1. The molecule has 0 unspecified atom stereocenters. The number of rotatable bonds is 8. The van der Waals surface area contributed by atoms with Gasteiger partial charge >= 0.3 is 0 Å². The molecule has 2 aromatic carbocycles. The zero-order chi connectivity index (χ0) is 18.2. The smallest absolute Gasteiger partial charge is 0.261 e. The van der Waals surface area contributed by atoms with E-state index in [2.05, 4.69) is 43.4 Å². The van der Waals surface area contributed by atoms with Crippen molar-refractivity contribution in [2.24, 2.45) is 0 Å². The zero-order valence-corrected chi connectivity index (χ0v) is 15.4. The molecule has 2 atom stereocenters. The Morgan fingerprint density at radius 1 is 1.04 bits per heavy atom. The summed E-state index contributed by atoms with van der Waals surface area (Å²) in [5.41, 5.74) is 2.32. The minimum Gasteiger partial charge on any atom is -0.497 e. The molecule has 1 N–H and O–H groups in total. The molecule has 0 radical (unpaired) electrons. The molecule has 25 heavy (non-hydrogen) atoms. The van der Waals surface area contributed by atoms with Crippen LogP contribution in [0.25, 0.3) is 0 Å². The topological polar surface area (TPSA) is 47.6 Å². The maximum absolute atomic E-state index is 12.7. The summed E-state index contributed by atoms with van der Waals surface area (Å²) in [6.07, 6.45) is 0.879. The van der Waals surface area contributed by atoms with Crippen LogP contribution in [0.3, 0.4) is 0 Å². The van der Waals surface area contributed by atoms with E-state index in [-0.39, 0.29) is 11.9 Å². The van der Waals surface area contributed by atoms with Gasteiger partial charge in [-0.2, -0.15) is 0 Å². The Hall–Kier alpha value is -2.49. The van der Waals surface area contributed by atoms with Gasteiger partial charge < -0.3 is 14.8 Å². The van der Waals surface area contributed by atoms with Crippen molar-refractivity contribution in [1.29, 1.82) is 0 Å². The highest BCUT2D eigenvalue weighted by Crippen LogP contribution is 2.22. The molecule has 134 valence electrons. The van der Waals surface area contributed by atoms with Gasteiger partial charge in [0.2, 0.25) is 0 Å². The molecule has 0 aliphatic heterocycles. The fourth-order valence-corrected chi connectivity index (χ4v) is 2.65. The monoisotopic (exact) mass is 341 g/mol. The normalized spacial score (nSPS) is 13.0. The summed E-state index contributed by atoms with van der Waals surface area (Å²) >= 11 is 0. The molecule has 4 heteroatoms. The number of ether oxygens (including phenoxy) is 2. The first-order valence-electron chi connectivity index (χ1n) is 8.75. The van der Waals surface area contributed by atoms with Crippen LogP contribution in [-0.2, 0) is 4.79 Å². The summed E-state index contributed by atoms with van der Waals surface area (Å²) in [5.74, 6) is 1.24. The molecular formula is C21H27NO3. The summed E-state index contributed by atoms with van der Waals surface area (Å²) in [5, 5.41) is 3.11. The van der Waals surface area contributed by atoms with Gasteiger partial charge in [-0.3, -0.25) is 4.79 Å². The van der Waals surface area contributed by atoms with Crippen molar-refractivity contribution in [2.75, 3.05) is 7.11 Å². The lowest BCUT2D eigenvalue weighted by Crippen LogP contribution is -2.39. The van der Waals surface area contributed by atoms with E-state index in [4.69, 9.17) is 9.47 Å². The molecule has 0 saturated carbocycles. The first-order valence-corrected chi connectivity index (χ1v) is 8.75. The summed E-state index contributed by atoms with van der Waals surface area (Å²) in [6.45, 7) is 6.06. The molecule has 0 aromatic heterocycles. The van der Waals surface area contributed by atoms with Gasteiger partial charge in [0.25, 0.3) is 5.91 Å². The third-order valence-corrected chi connectivity index (χ3v) is 4.19. The van der Waals surface area contributed by atoms with Crippen LogP contribution >= 0.6 is 0 Å². The van der Waals surface area contributed by atoms with E-state index >= 15 is 0 Å². The summed E-state index contributed by atoms with van der Waals surface area (Å²) in [4.78, 5) is 12.7. The van der Waals surface area contributed by atoms with E-state index in [1.54, 1.807) is 13.2 Å². The fraction of sp³-hybridized carbons (Fsp3) is 0.381. The highest BCUT2D eigenvalue weighted by molar-refractivity contribution is 5.81. The molecule has 2 aromatic rings. The first kappa shape index (κ1) is 18.8.